The van der Waals surface area contributed by atoms with Gasteiger partial charge in [-0.05, 0) is 32.9 Å². The lowest BCUT2D eigenvalue weighted by molar-refractivity contribution is 0.660. The molecule has 3 heterocycles. The molecule has 0 bridgehead atoms. The van der Waals surface area contributed by atoms with Gasteiger partial charge in [0.25, 0.3) is 0 Å². The number of aryl methyl sites for hydroxylation is 4. The quantitative estimate of drug-likeness (QED) is 0.681. The molecule has 6 heteroatoms. The molecule has 0 radical (unpaired) electrons. The Morgan fingerprint density at radius 3 is 2.67 bits per heavy atom. The van der Waals surface area contributed by atoms with E-state index in [1.54, 1.807) is 11.3 Å². The van der Waals surface area contributed by atoms with Crippen molar-refractivity contribution in [2.24, 2.45) is 0 Å². The van der Waals surface area contributed by atoms with Crippen LogP contribution in [0.25, 0.3) is 11.2 Å². The minimum Gasteiger partial charge on any atom is -0.311 e. The van der Waals surface area contributed by atoms with Crippen LogP contribution in [0.4, 0.5) is 0 Å². The molecule has 4 nitrogen and oxygen atoms in total. The second-order valence-corrected chi connectivity index (χ2v) is 6.76. The lowest BCUT2D eigenvalue weighted by Gasteiger charge is -2.09. The fraction of sp³-hybridized carbons (Fsp3) is 0.400. The predicted molar refractivity (Wildman–Crippen MR) is 87.1 cm³/mol. The van der Waals surface area contributed by atoms with Crippen LogP contribution >= 0.6 is 22.9 Å². The average Bonchev–Trinajstić information content (AvgIpc) is 3.00. The van der Waals surface area contributed by atoms with Crippen molar-refractivity contribution < 1.29 is 0 Å². The molecule has 0 fully saturated rings. The van der Waals surface area contributed by atoms with Crippen LogP contribution in [-0.4, -0.2) is 19.5 Å². The van der Waals surface area contributed by atoms with Gasteiger partial charge in [-0.25, -0.2) is 15.0 Å². The van der Waals surface area contributed by atoms with E-state index in [-0.39, 0.29) is 5.38 Å². The predicted octanol–water partition coefficient (Wildman–Crippen LogP) is 4.05. The molecular weight excluding hydrogens is 304 g/mol. The number of nitrogens with zero attached hydrogens (tertiary/aromatic N) is 4. The molecule has 0 aliphatic carbocycles. The van der Waals surface area contributed by atoms with Crippen molar-refractivity contribution in [1.82, 2.24) is 19.5 Å². The Kier molecular flexibility index (Phi) is 3.95. The van der Waals surface area contributed by atoms with Crippen LogP contribution in [0.1, 0.15) is 34.5 Å². The molecule has 1 unspecified atom stereocenters. The third-order valence-corrected chi connectivity index (χ3v) is 4.55. The molecule has 0 saturated carbocycles. The summed E-state index contributed by atoms with van der Waals surface area (Å²) in [6.07, 6.45) is 0.871. The molecule has 0 aliphatic heterocycles. The van der Waals surface area contributed by atoms with Gasteiger partial charge in [0.05, 0.1) is 10.4 Å². The van der Waals surface area contributed by atoms with Crippen molar-refractivity contribution in [2.45, 2.75) is 39.1 Å². The van der Waals surface area contributed by atoms with E-state index in [1.165, 1.54) is 0 Å². The first-order valence-corrected chi connectivity index (χ1v) is 8.25. The van der Waals surface area contributed by atoms with Crippen LogP contribution in [0.3, 0.4) is 0 Å². The Hall–Kier alpha value is -1.46. The monoisotopic (exact) mass is 320 g/mol. The zero-order valence-electron chi connectivity index (χ0n) is 12.3. The fourth-order valence-electron chi connectivity index (χ4n) is 2.36. The fourth-order valence-corrected chi connectivity index (χ4v) is 3.29. The molecular formula is C15H17ClN4S. The highest BCUT2D eigenvalue weighted by molar-refractivity contribution is 7.09. The van der Waals surface area contributed by atoms with E-state index < -0.39 is 0 Å². The van der Waals surface area contributed by atoms with E-state index in [9.17, 15) is 0 Å². The van der Waals surface area contributed by atoms with E-state index in [2.05, 4.69) is 24.9 Å². The molecule has 3 aromatic heterocycles. The maximum Gasteiger partial charge on any atom is 0.160 e. The van der Waals surface area contributed by atoms with Gasteiger partial charge in [0.1, 0.15) is 11.3 Å². The Balaban J connectivity index is 1.98. The molecule has 0 aliphatic rings. The maximum atomic E-state index is 6.28. The number of halogens is 1. The van der Waals surface area contributed by atoms with Gasteiger partial charge >= 0.3 is 0 Å². The van der Waals surface area contributed by atoms with E-state index in [0.717, 1.165) is 46.3 Å². The molecule has 0 spiro atoms. The SMILES string of the molecule is Cc1csc(CCn2c(C(C)Cl)nc3ccc(C)nc32)n1. The molecule has 110 valence electrons. The van der Waals surface area contributed by atoms with Gasteiger partial charge in [-0.1, -0.05) is 0 Å². The third-order valence-electron chi connectivity index (χ3n) is 3.33. The van der Waals surface area contributed by atoms with Gasteiger partial charge < -0.3 is 4.57 Å². The van der Waals surface area contributed by atoms with Gasteiger partial charge in [-0.3, -0.25) is 0 Å². The van der Waals surface area contributed by atoms with E-state index in [0.29, 0.717) is 0 Å². The van der Waals surface area contributed by atoms with Crippen molar-refractivity contribution in [2.75, 3.05) is 0 Å². The highest BCUT2D eigenvalue weighted by Gasteiger charge is 2.16. The third kappa shape index (κ3) is 2.94. The van der Waals surface area contributed by atoms with Crippen LogP contribution in [0, 0.1) is 13.8 Å². The topological polar surface area (TPSA) is 43.6 Å². The molecule has 3 aromatic rings. The Morgan fingerprint density at radius 2 is 2.00 bits per heavy atom. The molecule has 1 atom stereocenters. The van der Waals surface area contributed by atoms with Gasteiger partial charge in [0.2, 0.25) is 0 Å². The van der Waals surface area contributed by atoms with Crippen molar-refractivity contribution in [3.63, 3.8) is 0 Å². The van der Waals surface area contributed by atoms with Crippen LogP contribution in [0.2, 0.25) is 0 Å². The number of imidazole rings is 1. The number of rotatable bonds is 4. The highest BCUT2D eigenvalue weighted by atomic mass is 35.5. The minimum absolute atomic E-state index is 0.141. The standard InChI is InChI=1S/C15H17ClN4S/c1-9-4-5-12-15(18-9)20(14(19-12)11(3)16)7-6-13-17-10(2)8-21-13/h4-5,8,11H,6-7H2,1-3H3. The lowest BCUT2D eigenvalue weighted by Crippen LogP contribution is -2.07. The average molecular weight is 321 g/mol. The van der Waals surface area contributed by atoms with Crippen LogP contribution < -0.4 is 0 Å². The number of fused-ring (bicyclic) bond motifs is 1. The lowest BCUT2D eigenvalue weighted by atomic mass is 10.3. The number of hydrogen-bond acceptors (Lipinski definition) is 4. The second kappa shape index (κ2) is 5.73. The van der Waals surface area contributed by atoms with E-state index in [4.69, 9.17) is 11.6 Å². The summed E-state index contributed by atoms with van der Waals surface area (Å²) >= 11 is 7.98. The van der Waals surface area contributed by atoms with Gasteiger partial charge in [0, 0.05) is 29.7 Å². The molecule has 0 saturated heterocycles. The second-order valence-electron chi connectivity index (χ2n) is 5.17. The number of hydrogen-bond donors (Lipinski definition) is 0. The van der Waals surface area contributed by atoms with E-state index in [1.807, 2.05) is 32.9 Å². The van der Waals surface area contributed by atoms with Gasteiger partial charge in [-0.2, -0.15) is 0 Å². The summed E-state index contributed by atoms with van der Waals surface area (Å²) in [5.74, 6) is 0.873. The Labute approximate surface area is 132 Å². The first kappa shape index (κ1) is 14.5. The first-order valence-electron chi connectivity index (χ1n) is 6.93. The first-order chi connectivity index (χ1) is 10.0. The number of thiazole rings is 1. The summed E-state index contributed by atoms with van der Waals surface area (Å²) in [6, 6.07) is 3.98. The molecule has 3 rings (SSSR count). The summed E-state index contributed by atoms with van der Waals surface area (Å²) in [5.41, 5.74) is 3.87. The number of pyridine rings is 1. The Morgan fingerprint density at radius 1 is 1.19 bits per heavy atom. The number of alkyl halides is 1. The van der Waals surface area contributed by atoms with Crippen molar-refractivity contribution >= 4 is 34.1 Å². The van der Waals surface area contributed by atoms with Crippen molar-refractivity contribution in [1.29, 1.82) is 0 Å². The zero-order chi connectivity index (χ0) is 15.0. The van der Waals surface area contributed by atoms with Crippen LogP contribution in [0.5, 0.6) is 0 Å². The summed E-state index contributed by atoms with van der Waals surface area (Å²) < 4.78 is 2.12. The number of aromatic nitrogens is 4. The van der Waals surface area contributed by atoms with Gasteiger partial charge in [-0.15, -0.1) is 22.9 Å². The minimum atomic E-state index is -0.141. The van der Waals surface area contributed by atoms with Gasteiger partial charge in [0.15, 0.2) is 5.65 Å². The molecule has 0 N–H and O–H groups in total. The molecule has 0 aromatic carbocycles. The summed E-state index contributed by atoms with van der Waals surface area (Å²) in [4.78, 5) is 13.8. The highest BCUT2D eigenvalue weighted by Crippen LogP contribution is 2.24. The normalized spacial score (nSPS) is 13.0. The van der Waals surface area contributed by atoms with Crippen LogP contribution in [-0.2, 0) is 13.0 Å². The summed E-state index contributed by atoms with van der Waals surface area (Å²) in [7, 11) is 0. The largest absolute Gasteiger partial charge is 0.311 e. The van der Waals surface area contributed by atoms with Crippen molar-refractivity contribution in [3.8, 4) is 0 Å². The summed E-state index contributed by atoms with van der Waals surface area (Å²) in [6.45, 7) is 6.75. The van der Waals surface area contributed by atoms with Crippen molar-refractivity contribution in [3.05, 3.63) is 39.7 Å². The zero-order valence-corrected chi connectivity index (χ0v) is 13.9. The smallest absolute Gasteiger partial charge is 0.160 e. The summed E-state index contributed by atoms with van der Waals surface area (Å²) in [5, 5.41) is 3.07. The van der Waals surface area contributed by atoms with Crippen LogP contribution in [0.15, 0.2) is 17.5 Å². The maximum absolute atomic E-state index is 6.28. The Bertz CT molecular complexity index is 775. The van der Waals surface area contributed by atoms with E-state index >= 15 is 0 Å². The molecule has 0 amide bonds. The molecule has 21 heavy (non-hydrogen) atoms.